The highest BCUT2D eigenvalue weighted by atomic mass is 15.3. The molecule has 1 fully saturated rings. The number of rotatable bonds is 2. The zero-order valence-corrected chi connectivity index (χ0v) is 17.4. The minimum Gasteiger partial charge on any atom is -0.368 e. The van der Waals surface area contributed by atoms with Crippen LogP contribution < -0.4 is 5.73 Å². The molecule has 0 atom stereocenters. The molecule has 1 aliphatic carbocycles. The van der Waals surface area contributed by atoms with Gasteiger partial charge in [-0.25, -0.2) is 9.97 Å². The number of aryl methyl sites for hydroxylation is 1. The second kappa shape index (κ2) is 10.0. The topological polar surface area (TPSA) is 69.6 Å². The third-order valence-electron chi connectivity index (χ3n) is 4.65. The van der Waals surface area contributed by atoms with Crippen LogP contribution in [0.3, 0.4) is 0 Å². The zero-order valence-electron chi connectivity index (χ0n) is 17.4. The van der Waals surface area contributed by atoms with Crippen molar-refractivity contribution in [3.8, 4) is 11.3 Å². The normalized spacial score (nSPS) is 13.1. The summed E-state index contributed by atoms with van der Waals surface area (Å²) in [5.74, 6) is 0.702. The van der Waals surface area contributed by atoms with Crippen molar-refractivity contribution >= 4 is 16.9 Å². The first-order valence-electron chi connectivity index (χ1n) is 10.1. The van der Waals surface area contributed by atoms with Gasteiger partial charge in [0.15, 0.2) is 0 Å². The molecule has 1 aromatic carbocycles. The van der Waals surface area contributed by atoms with Crippen molar-refractivity contribution in [3.05, 3.63) is 36.2 Å². The van der Waals surface area contributed by atoms with E-state index in [9.17, 15) is 0 Å². The SMILES string of the molecule is C1CCCC1.CC.CC(C)c1c2cc(-c3ccnc(N)n3)ccc2nn1C. The Bertz CT molecular complexity index is 839. The molecule has 5 nitrogen and oxygen atoms in total. The standard InChI is InChI=1S/C15H17N5.C5H10.C2H6/c1-9(2)14-11-8-10(4-5-13(11)19-20(14)3)12-6-7-17-15(16)18-12;1-2-4-5-3-1;1-2/h4-9H,1-3H3,(H2,16,17,18);1-5H2;1-2H3. The highest BCUT2D eigenvalue weighted by Crippen LogP contribution is 2.28. The number of fused-ring (bicyclic) bond motifs is 1. The molecule has 4 rings (SSSR count). The summed E-state index contributed by atoms with van der Waals surface area (Å²) in [5.41, 5.74) is 9.74. The number of nitrogens with two attached hydrogens (primary N) is 1. The van der Waals surface area contributed by atoms with Crippen molar-refractivity contribution in [2.45, 2.75) is 65.7 Å². The van der Waals surface area contributed by atoms with Gasteiger partial charge in [0, 0.05) is 29.9 Å². The van der Waals surface area contributed by atoms with E-state index in [0.717, 1.165) is 22.2 Å². The molecule has 2 aromatic heterocycles. The van der Waals surface area contributed by atoms with Gasteiger partial charge in [-0.2, -0.15) is 5.10 Å². The Morgan fingerprint density at radius 1 is 1.00 bits per heavy atom. The Hall–Kier alpha value is -2.43. The minimum absolute atomic E-state index is 0.290. The minimum atomic E-state index is 0.290. The molecule has 0 saturated heterocycles. The fraction of sp³-hybridized carbons (Fsp3) is 0.500. The van der Waals surface area contributed by atoms with E-state index in [1.54, 1.807) is 6.20 Å². The van der Waals surface area contributed by atoms with Crippen LogP contribution in [-0.4, -0.2) is 19.7 Å². The van der Waals surface area contributed by atoms with Gasteiger partial charge in [0.1, 0.15) is 0 Å². The Balaban J connectivity index is 0.000000318. The van der Waals surface area contributed by atoms with Crippen LogP contribution >= 0.6 is 0 Å². The van der Waals surface area contributed by atoms with Gasteiger partial charge in [-0.1, -0.05) is 65.9 Å². The van der Waals surface area contributed by atoms with Gasteiger partial charge >= 0.3 is 0 Å². The quantitative estimate of drug-likeness (QED) is 0.629. The lowest BCUT2D eigenvalue weighted by molar-refractivity contribution is 0.677. The summed E-state index contributed by atoms with van der Waals surface area (Å²) < 4.78 is 1.95. The van der Waals surface area contributed by atoms with E-state index in [1.165, 1.54) is 37.8 Å². The van der Waals surface area contributed by atoms with Crippen LogP contribution in [0.15, 0.2) is 30.5 Å². The molecule has 146 valence electrons. The zero-order chi connectivity index (χ0) is 19.8. The predicted octanol–water partition coefficient (Wildman–Crippen LogP) is 5.71. The molecular formula is C22H33N5. The molecular weight excluding hydrogens is 334 g/mol. The maximum Gasteiger partial charge on any atom is 0.220 e. The van der Waals surface area contributed by atoms with Crippen molar-refractivity contribution < 1.29 is 0 Å². The number of aromatic nitrogens is 4. The number of benzene rings is 1. The molecule has 0 amide bonds. The van der Waals surface area contributed by atoms with E-state index < -0.39 is 0 Å². The van der Waals surface area contributed by atoms with Gasteiger partial charge in [-0.3, -0.25) is 4.68 Å². The summed E-state index contributed by atoms with van der Waals surface area (Å²) in [6.45, 7) is 8.34. The van der Waals surface area contributed by atoms with Crippen molar-refractivity contribution in [2.24, 2.45) is 7.05 Å². The first-order chi connectivity index (χ1) is 13.1. The Kier molecular flexibility index (Phi) is 7.77. The van der Waals surface area contributed by atoms with Gasteiger partial charge in [0.25, 0.3) is 0 Å². The average Bonchev–Trinajstić information content (AvgIpc) is 3.33. The van der Waals surface area contributed by atoms with E-state index in [4.69, 9.17) is 5.73 Å². The molecule has 1 saturated carbocycles. The lowest BCUT2D eigenvalue weighted by Crippen LogP contribution is -1.99. The van der Waals surface area contributed by atoms with E-state index in [1.807, 2.05) is 43.8 Å². The van der Waals surface area contributed by atoms with Crippen molar-refractivity contribution in [1.29, 1.82) is 0 Å². The molecule has 2 N–H and O–H groups in total. The molecule has 0 unspecified atom stereocenters. The third kappa shape index (κ3) is 5.28. The van der Waals surface area contributed by atoms with E-state index in [2.05, 4.69) is 35.0 Å². The summed E-state index contributed by atoms with van der Waals surface area (Å²) >= 11 is 0. The summed E-state index contributed by atoms with van der Waals surface area (Å²) in [7, 11) is 1.98. The first kappa shape index (κ1) is 20.9. The molecule has 0 aliphatic heterocycles. The number of nitrogen functional groups attached to an aromatic ring is 1. The van der Waals surface area contributed by atoms with Crippen LogP contribution in [0, 0.1) is 0 Å². The van der Waals surface area contributed by atoms with Gasteiger partial charge < -0.3 is 5.73 Å². The van der Waals surface area contributed by atoms with Crippen LogP contribution in [0.4, 0.5) is 5.95 Å². The fourth-order valence-corrected chi connectivity index (χ4v) is 3.48. The maximum absolute atomic E-state index is 5.65. The highest BCUT2D eigenvalue weighted by Gasteiger charge is 2.13. The number of hydrogen-bond donors (Lipinski definition) is 1. The van der Waals surface area contributed by atoms with Crippen LogP contribution in [0.5, 0.6) is 0 Å². The first-order valence-corrected chi connectivity index (χ1v) is 10.1. The third-order valence-corrected chi connectivity index (χ3v) is 4.65. The molecule has 5 heteroatoms. The summed E-state index contributed by atoms with van der Waals surface area (Å²) in [6.07, 6.45) is 9.18. The average molecular weight is 368 g/mol. The van der Waals surface area contributed by atoms with Crippen LogP contribution in [-0.2, 0) is 7.05 Å². The number of nitrogens with zero attached hydrogens (tertiary/aromatic N) is 4. The van der Waals surface area contributed by atoms with Gasteiger partial charge in [-0.05, 0) is 24.1 Å². The second-order valence-corrected chi connectivity index (χ2v) is 6.96. The summed E-state index contributed by atoms with van der Waals surface area (Å²) in [4.78, 5) is 8.20. The number of hydrogen-bond acceptors (Lipinski definition) is 4. The van der Waals surface area contributed by atoms with E-state index in [-0.39, 0.29) is 5.95 Å². The Morgan fingerprint density at radius 3 is 2.19 bits per heavy atom. The molecule has 0 bridgehead atoms. The lowest BCUT2D eigenvalue weighted by Gasteiger charge is -2.07. The Labute approximate surface area is 163 Å². The van der Waals surface area contributed by atoms with Crippen LogP contribution in [0.2, 0.25) is 0 Å². The van der Waals surface area contributed by atoms with Crippen LogP contribution in [0.25, 0.3) is 22.2 Å². The van der Waals surface area contributed by atoms with Gasteiger partial charge in [0.05, 0.1) is 11.2 Å². The summed E-state index contributed by atoms with van der Waals surface area (Å²) in [5, 5.41) is 5.71. The largest absolute Gasteiger partial charge is 0.368 e. The van der Waals surface area contributed by atoms with Crippen molar-refractivity contribution in [3.63, 3.8) is 0 Å². The maximum atomic E-state index is 5.65. The smallest absolute Gasteiger partial charge is 0.220 e. The number of anilines is 1. The molecule has 2 heterocycles. The molecule has 0 radical (unpaired) electrons. The summed E-state index contributed by atoms with van der Waals surface area (Å²) in [6, 6.07) is 8.03. The van der Waals surface area contributed by atoms with Gasteiger partial charge in [0.2, 0.25) is 5.95 Å². The van der Waals surface area contributed by atoms with Crippen LogP contribution in [0.1, 0.15) is 71.4 Å². The Morgan fingerprint density at radius 2 is 1.63 bits per heavy atom. The second-order valence-electron chi connectivity index (χ2n) is 6.96. The molecule has 3 aromatic rings. The van der Waals surface area contributed by atoms with E-state index >= 15 is 0 Å². The predicted molar refractivity (Wildman–Crippen MR) is 115 cm³/mol. The molecule has 27 heavy (non-hydrogen) atoms. The molecule has 1 aliphatic rings. The fourth-order valence-electron chi connectivity index (χ4n) is 3.48. The highest BCUT2D eigenvalue weighted by molar-refractivity contribution is 5.86. The lowest BCUT2D eigenvalue weighted by atomic mass is 10.0. The van der Waals surface area contributed by atoms with Gasteiger partial charge in [-0.15, -0.1) is 0 Å². The molecule has 0 spiro atoms. The van der Waals surface area contributed by atoms with Crippen molar-refractivity contribution in [1.82, 2.24) is 19.7 Å². The monoisotopic (exact) mass is 367 g/mol. The van der Waals surface area contributed by atoms with Crippen molar-refractivity contribution in [2.75, 3.05) is 5.73 Å². The van der Waals surface area contributed by atoms with E-state index in [0.29, 0.717) is 5.92 Å².